The lowest BCUT2D eigenvalue weighted by Crippen LogP contribution is -2.18. The Kier molecular flexibility index (Phi) is 3.85. The van der Waals surface area contributed by atoms with Crippen LogP contribution in [0.5, 0.6) is 0 Å². The zero-order valence-corrected chi connectivity index (χ0v) is 13.7. The minimum Gasteiger partial charge on any atom is -0.306 e. The van der Waals surface area contributed by atoms with Crippen LogP contribution in [0.25, 0.3) is 21.8 Å². The van der Waals surface area contributed by atoms with E-state index in [9.17, 15) is 13.6 Å². The molecule has 4 rings (SSSR count). The highest BCUT2D eigenvalue weighted by Gasteiger charge is 2.19. The molecule has 0 amide bonds. The topological polar surface area (TPSA) is 58.2 Å². The molecule has 1 N–H and O–H groups in total. The standard InChI is InChI=1S/C19H13F2N3O2/c1-26-24(15-7-6-11(20)10-14(15)21)16-8-9-22-18-17(16)12-4-2-3-5-13(12)19(25)23-18/h2-10H,1H3,(H,22,23,25). The molecule has 0 aliphatic heterocycles. The van der Waals surface area contributed by atoms with E-state index in [4.69, 9.17) is 4.84 Å². The third-order valence-electron chi connectivity index (χ3n) is 4.13. The van der Waals surface area contributed by atoms with Gasteiger partial charge in [-0.2, -0.15) is 0 Å². The number of fused-ring (bicyclic) bond motifs is 3. The second kappa shape index (κ2) is 6.20. The Morgan fingerprint density at radius 2 is 1.81 bits per heavy atom. The van der Waals surface area contributed by atoms with E-state index in [1.54, 1.807) is 30.3 Å². The summed E-state index contributed by atoms with van der Waals surface area (Å²) < 4.78 is 27.6. The third kappa shape index (κ3) is 2.49. The van der Waals surface area contributed by atoms with Gasteiger partial charge in [-0.1, -0.05) is 18.2 Å². The number of H-pyrrole nitrogens is 1. The summed E-state index contributed by atoms with van der Waals surface area (Å²) >= 11 is 0. The fraction of sp³-hybridized carbons (Fsp3) is 0.0526. The first kappa shape index (κ1) is 16.2. The van der Waals surface area contributed by atoms with Crippen molar-refractivity contribution < 1.29 is 13.6 Å². The molecule has 2 aromatic heterocycles. The molecule has 0 saturated heterocycles. The van der Waals surface area contributed by atoms with Gasteiger partial charge in [0, 0.05) is 23.0 Å². The molecule has 26 heavy (non-hydrogen) atoms. The number of benzene rings is 2. The Bertz CT molecular complexity index is 1190. The highest BCUT2D eigenvalue weighted by molar-refractivity contribution is 6.10. The second-order valence-electron chi connectivity index (χ2n) is 5.63. The van der Waals surface area contributed by atoms with Crippen LogP contribution in [-0.4, -0.2) is 17.1 Å². The summed E-state index contributed by atoms with van der Waals surface area (Å²) in [6.07, 6.45) is 1.48. The average molecular weight is 353 g/mol. The molecule has 4 aromatic rings. The predicted molar refractivity (Wildman–Crippen MR) is 95.4 cm³/mol. The van der Waals surface area contributed by atoms with Crippen molar-refractivity contribution in [3.63, 3.8) is 0 Å². The summed E-state index contributed by atoms with van der Waals surface area (Å²) in [5, 5.41) is 2.96. The molecule has 0 unspecified atom stereocenters. The smallest absolute Gasteiger partial charge is 0.257 e. The molecule has 7 heteroatoms. The van der Waals surface area contributed by atoms with Crippen LogP contribution in [0.1, 0.15) is 0 Å². The molecule has 0 bridgehead atoms. The first-order valence-corrected chi connectivity index (χ1v) is 7.79. The number of halogens is 2. The maximum atomic E-state index is 14.3. The van der Waals surface area contributed by atoms with Gasteiger partial charge in [-0.05, 0) is 24.3 Å². The number of pyridine rings is 2. The zero-order chi connectivity index (χ0) is 18.3. The molecule has 0 fully saturated rings. The van der Waals surface area contributed by atoms with Crippen molar-refractivity contribution in [3.05, 3.63) is 76.7 Å². The number of hydrogen-bond donors (Lipinski definition) is 1. The molecular weight excluding hydrogens is 340 g/mol. The Balaban J connectivity index is 2.07. The number of nitrogens with zero attached hydrogens (tertiary/aromatic N) is 2. The summed E-state index contributed by atoms with van der Waals surface area (Å²) in [6.45, 7) is 0. The van der Waals surface area contributed by atoms with E-state index in [0.29, 0.717) is 27.5 Å². The van der Waals surface area contributed by atoms with Crippen molar-refractivity contribution >= 4 is 33.2 Å². The van der Waals surface area contributed by atoms with Crippen molar-refractivity contribution in [2.45, 2.75) is 0 Å². The van der Waals surface area contributed by atoms with Gasteiger partial charge in [0.1, 0.15) is 17.2 Å². The quantitative estimate of drug-likeness (QED) is 0.446. The summed E-state index contributed by atoms with van der Waals surface area (Å²) in [4.78, 5) is 24.6. The van der Waals surface area contributed by atoms with Crippen LogP contribution in [-0.2, 0) is 4.84 Å². The van der Waals surface area contributed by atoms with E-state index in [-0.39, 0.29) is 11.2 Å². The largest absolute Gasteiger partial charge is 0.306 e. The van der Waals surface area contributed by atoms with Gasteiger partial charge in [-0.25, -0.2) is 18.8 Å². The van der Waals surface area contributed by atoms with Gasteiger partial charge in [0.05, 0.1) is 18.2 Å². The van der Waals surface area contributed by atoms with Crippen LogP contribution in [0.4, 0.5) is 20.2 Å². The fourth-order valence-electron chi connectivity index (χ4n) is 3.03. The number of anilines is 2. The van der Waals surface area contributed by atoms with Gasteiger partial charge in [0.15, 0.2) is 5.82 Å². The number of hydrogen-bond acceptors (Lipinski definition) is 4. The van der Waals surface area contributed by atoms with E-state index in [1.807, 2.05) is 0 Å². The summed E-state index contributed by atoms with van der Waals surface area (Å²) in [6, 6.07) is 11.9. The minimum absolute atomic E-state index is 0.0386. The van der Waals surface area contributed by atoms with E-state index < -0.39 is 11.6 Å². The highest BCUT2D eigenvalue weighted by atomic mass is 19.1. The normalized spacial score (nSPS) is 11.2. The molecular formula is C19H13F2N3O2. The van der Waals surface area contributed by atoms with Crippen LogP contribution in [0.3, 0.4) is 0 Å². The van der Waals surface area contributed by atoms with Gasteiger partial charge >= 0.3 is 0 Å². The zero-order valence-electron chi connectivity index (χ0n) is 13.7. The number of rotatable bonds is 3. The van der Waals surface area contributed by atoms with Crippen molar-refractivity contribution in [1.82, 2.24) is 9.97 Å². The number of nitrogens with one attached hydrogen (secondary N) is 1. The molecule has 0 radical (unpaired) electrons. The van der Waals surface area contributed by atoms with Gasteiger partial charge in [-0.3, -0.25) is 9.63 Å². The average Bonchev–Trinajstić information content (AvgIpc) is 2.64. The molecule has 0 spiro atoms. The molecule has 2 aromatic carbocycles. The lowest BCUT2D eigenvalue weighted by molar-refractivity contribution is 0.200. The molecule has 0 aliphatic carbocycles. The fourth-order valence-corrected chi connectivity index (χ4v) is 3.03. The monoisotopic (exact) mass is 353 g/mol. The summed E-state index contributed by atoms with van der Waals surface area (Å²) in [7, 11) is 1.38. The van der Waals surface area contributed by atoms with Gasteiger partial charge in [0.2, 0.25) is 0 Å². The lowest BCUT2D eigenvalue weighted by Gasteiger charge is -2.24. The van der Waals surface area contributed by atoms with Crippen molar-refractivity contribution in [2.75, 3.05) is 12.2 Å². The number of aromatic amines is 1. The van der Waals surface area contributed by atoms with E-state index >= 15 is 0 Å². The Morgan fingerprint density at radius 3 is 2.54 bits per heavy atom. The van der Waals surface area contributed by atoms with E-state index in [2.05, 4.69) is 9.97 Å². The Hall–Kier alpha value is -3.32. The summed E-state index contributed by atoms with van der Waals surface area (Å²) in [5.74, 6) is -1.46. The maximum Gasteiger partial charge on any atom is 0.257 e. The van der Waals surface area contributed by atoms with Gasteiger partial charge in [0.25, 0.3) is 5.56 Å². The van der Waals surface area contributed by atoms with Crippen LogP contribution in [0, 0.1) is 11.6 Å². The molecule has 0 saturated carbocycles. The van der Waals surface area contributed by atoms with E-state index in [1.165, 1.54) is 24.4 Å². The summed E-state index contributed by atoms with van der Waals surface area (Å²) in [5.41, 5.74) is 0.581. The lowest BCUT2D eigenvalue weighted by atomic mass is 10.1. The third-order valence-corrected chi connectivity index (χ3v) is 4.13. The van der Waals surface area contributed by atoms with E-state index in [0.717, 1.165) is 12.1 Å². The first-order chi connectivity index (χ1) is 12.6. The molecule has 5 nitrogen and oxygen atoms in total. The maximum absolute atomic E-state index is 14.3. The number of aromatic nitrogens is 2. The van der Waals surface area contributed by atoms with Crippen LogP contribution in [0.15, 0.2) is 59.5 Å². The second-order valence-corrected chi connectivity index (χ2v) is 5.63. The molecule has 0 atom stereocenters. The molecule has 2 heterocycles. The van der Waals surface area contributed by atoms with Gasteiger partial charge < -0.3 is 4.98 Å². The minimum atomic E-state index is -0.773. The Labute approximate surface area is 146 Å². The van der Waals surface area contributed by atoms with Crippen LogP contribution in [0.2, 0.25) is 0 Å². The van der Waals surface area contributed by atoms with Crippen molar-refractivity contribution in [3.8, 4) is 0 Å². The SMILES string of the molecule is CON(c1ccc(F)cc1F)c1ccnc2[nH]c(=O)c3ccccc3c12. The van der Waals surface area contributed by atoms with Crippen LogP contribution < -0.4 is 10.6 Å². The molecule has 0 aliphatic rings. The molecule has 130 valence electrons. The van der Waals surface area contributed by atoms with Crippen LogP contribution >= 0.6 is 0 Å². The van der Waals surface area contributed by atoms with Crippen molar-refractivity contribution in [1.29, 1.82) is 0 Å². The van der Waals surface area contributed by atoms with Gasteiger partial charge in [-0.15, -0.1) is 0 Å². The highest BCUT2D eigenvalue weighted by Crippen LogP contribution is 2.35. The first-order valence-electron chi connectivity index (χ1n) is 7.79. The predicted octanol–water partition coefficient (Wildman–Crippen LogP) is 4.05. The van der Waals surface area contributed by atoms with Crippen molar-refractivity contribution in [2.24, 2.45) is 0 Å². The Morgan fingerprint density at radius 1 is 1.04 bits per heavy atom.